The fourth-order valence-electron chi connectivity index (χ4n) is 2.93. The Kier molecular flexibility index (Phi) is 3.85. The largest absolute Gasteiger partial charge is 0.326 e. The van der Waals surface area contributed by atoms with Crippen LogP contribution in [-0.4, -0.2) is 20.4 Å². The fraction of sp³-hybridized carbons (Fsp3) is 0.235. The van der Waals surface area contributed by atoms with Gasteiger partial charge in [-0.2, -0.15) is 0 Å². The molecule has 1 N–H and O–H groups in total. The highest BCUT2D eigenvalue weighted by atomic mass is 32.2. The van der Waals surface area contributed by atoms with Gasteiger partial charge >= 0.3 is 0 Å². The molecule has 2 aromatic carbocycles. The van der Waals surface area contributed by atoms with Gasteiger partial charge in [-0.15, -0.1) is 0 Å². The number of anilines is 2. The van der Waals surface area contributed by atoms with E-state index < -0.39 is 10.0 Å². The average Bonchev–Trinajstić information content (AvgIpc) is 2.83. The second kappa shape index (κ2) is 5.70. The number of benzene rings is 2. The number of rotatable bonds is 3. The smallest absolute Gasteiger partial charge is 0.264 e. The lowest BCUT2D eigenvalue weighted by molar-refractivity contribution is -0.114. The fourth-order valence-corrected chi connectivity index (χ4v) is 4.62. The van der Waals surface area contributed by atoms with Crippen LogP contribution in [0.4, 0.5) is 11.4 Å². The van der Waals surface area contributed by atoms with Gasteiger partial charge in [0.2, 0.25) is 5.91 Å². The van der Waals surface area contributed by atoms with E-state index in [0.29, 0.717) is 12.1 Å². The van der Waals surface area contributed by atoms with Crippen molar-refractivity contribution >= 4 is 27.3 Å². The van der Waals surface area contributed by atoms with Crippen LogP contribution >= 0.6 is 0 Å². The molecule has 0 aliphatic carbocycles. The maximum atomic E-state index is 13.0. The highest BCUT2D eigenvalue weighted by Crippen LogP contribution is 2.36. The van der Waals surface area contributed by atoms with Crippen LogP contribution in [0, 0.1) is 0 Å². The lowest BCUT2D eigenvalue weighted by Gasteiger charge is -2.24. The third kappa shape index (κ3) is 2.82. The number of carbonyl (C=O) groups excluding carboxylic acids is 1. The topological polar surface area (TPSA) is 66.5 Å². The number of nitrogens with one attached hydrogen (secondary N) is 1. The molecule has 23 heavy (non-hydrogen) atoms. The average molecular weight is 330 g/mol. The lowest BCUT2D eigenvalue weighted by atomic mass is 10.1. The summed E-state index contributed by atoms with van der Waals surface area (Å²) < 4.78 is 27.4. The summed E-state index contributed by atoms with van der Waals surface area (Å²) in [6, 6.07) is 13.7. The molecule has 0 spiro atoms. The van der Waals surface area contributed by atoms with E-state index in [1.54, 1.807) is 12.1 Å². The van der Waals surface area contributed by atoms with E-state index in [0.717, 1.165) is 11.3 Å². The van der Waals surface area contributed by atoms with Crippen molar-refractivity contribution in [1.29, 1.82) is 0 Å². The summed E-state index contributed by atoms with van der Waals surface area (Å²) in [5.74, 6) is -0.192. The summed E-state index contributed by atoms with van der Waals surface area (Å²) in [6.45, 7) is 3.32. The van der Waals surface area contributed by atoms with Crippen molar-refractivity contribution in [2.24, 2.45) is 0 Å². The molecule has 0 unspecified atom stereocenters. The van der Waals surface area contributed by atoms with E-state index in [1.165, 1.54) is 23.4 Å². The van der Waals surface area contributed by atoms with Crippen LogP contribution in [0.25, 0.3) is 0 Å². The highest BCUT2D eigenvalue weighted by Gasteiger charge is 2.35. The normalized spacial score (nSPS) is 17.0. The van der Waals surface area contributed by atoms with Crippen LogP contribution in [-0.2, 0) is 21.2 Å². The Morgan fingerprint density at radius 3 is 2.43 bits per heavy atom. The molecule has 0 aromatic heterocycles. The monoisotopic (exact) mass is 330 g/mol. The van der Waals surface area contributed by atoms with E-state index in [9.17, 15) is 13.2 Å². The van der Waals surface area contributed by atoms with Gasteiger partial charge in [-0.1, -0.05) is 18.2 Å². The molecule has 1 heterocycles. The highest BCUT2D eigenvalue weighted by molar-refractivity contribution is 7.92. The zero-order chi connectivity index (χ0) is 16.6. The van der Waals surface area contributed by atoms with Gasteiger partial charge in [-0.25, -0.2) is 8.42 Å². The number of fused-ring (bicyclic) bond motifs is 1. The standard InChI is InChI=1S/C17H18N2O3S/c1-12-11-14-5-3-4-6-17(14)19(12)23(21,22)16-9-7-15(8-10-16)18-13(2)20/h3-10,12H,11H2,1-2H3,(H,18,20)/t12-/m1/s1. The Morgan fingerprint density at radius 2 is 1.78 bits per heavy atom. The number of nitrogens with zero attached hydrogens (tertiary/aromatic N) is 1. The van der Waals surface area contributed by atoms with Gasteiger partial charge in [-0.3, -0.25) is 9.10 Å². The molecular formula is C17H18N2O3S. The number of carbonyl (C=O) groups is 1. The number of amides is 1. The first-order valence-corrected chi connectivity index (χ1v) is 8.83. The molecule has 0 fully saturated rings. The van der Waals surface area contributed by atoms with E-state index in [-0.39, 0.29) is 16.8 Å². The predicted molar refractivity (Wildman–Crippen MR) is 90.0 cm³/mol. The second-order valence-electron chi connectivity index (χ2n) is 5.69. The summed E-state index contributed by atoms with van der Waals surface area (Å²) in [7, 11) is -3.63. The molecule has 2 aromatic rings. The molecule has 3 rings (SSSR count). The van der Waals surface area contributed by atoms with Gasteiger partial charge in [0, 0.05) is 18.7 Å². The Balaban J connectivity index is 1.97. The lowest BCUT2D eigenvalue weighted by Crippen LogP contribution is -2.35. The molecule has 120 valence electrons. The van der Waals surface area contributed by atoms with Gasteiger partial charge in [0.25, 0.3) is 10.0 Å². The summed E-state index contributed by atoms with van der Waals surface area (Å²) in [5, 5.41) is 2.63. The summed E-state index contributed by atoms with van der Waals surface area (Å²) in [4.78, 5) is 11.3. The van der Waals surface area contributed by atoms with Crippen LogP contribution in [0.1, 0.15) is 19.4 Å². The summed E-state index contributed by atoms with van der Waals surface area (Å²) >= 11 is 0. The number of sulfonamides is 1. The molecule has 6 heteroatoms. The maximum absolute atomic E-state index is 13.0. The molecule has 1 atom stereocenters. The number of para-hydroxylation sites is 1. The van der Waals surface area contributed by atoms with Gasteiger partial charge in [0.15, 0.2) is 0 Å². The van der Waals surface area contributed by atoms with Crippen LogP contribution in [0.15, 0.2) is 53.4 Å². The van der Waals surface area contributed by atoms with E-state index >= 15 is 0 Å². The van der Waals surface area contributed by atoms with E-state index in [4.69, 9.17) is 0 Å². The number of hydrogen-bond donors (Lipinski definition) is 1. The molecule has 5 nitrogen and oxygen atoms in total. The van der Waals surface area contributed by atoms with Gasteiger partial charge in [0.1, 0.15) is 0 Å². The van der Waals surface area contributed by atoms with Crippen LogP contribution in [0.3, 0.4) is 0 Å². The van der Waals surface area contributed by atoms with Crippen molar-refractivity contribution in [2.45, 2.75) is 31.2 Å². The third-order valence-corrected chi connectivity index (χ3v) is 5.82. The quantitative estimate of drug-likeness (QED) is 0.941. The Morgan fingerprint density at radius 1 is 1.13 bits per heavy atom. The number of hydrogen-bond acceptors (Lipinski definition) is 3. The van der Waals surface area contributed by atoms with Crippen LogP contribution < -0.4 is 9.62 Å². The van der Waals surface area contributed by atoms with Crippen molar-refractivity contribution in [3.63, 3.8) is 0 Å². The molecule has 0 bridgehead atoms. The Labute approximate surface area is 136 Å². The maximum Gasteiger partial charge on any atom is 0.264 e. The molecule has 0 saturated heterocycles. The second-order valence-corrected chi connectivity index (χ2v) is 7.50. The minimum atomic E-state index is -3.63. The molecule has 0 radical (unpaired) electrons. The van der Waals surface area contributed by atoms with Gasteiger partial charge in [0.05, 0.1) is 10.6 Å². The molecule has 1 amide bonds. The summed E-state index contributed by atoms with van der Waals surface area (Å²) in [6.07, 6.45) is 0.708. The summed E-state index contributed by atoms with van der Waals surface area (Å²) in [5.41, 5.74) is 2.36. The van der Waals surface area contributed by atoms with Crippen LogP contribution in [0.5, 0.6) is 0 Å². The first kappa shape index (κ1) is 15.6. The van der Waals surface area contributed by atoms with Gasteiger partial charge in [-0.05, 0) is 49.2 Å². The van der Waals surface area contributed by atoms with Crippen molar-refractivity contribution in [2.75, 3.05) is 9.62 Å². The SMILES string of the molecule is CC(=O)Nc1ccc(S(=O)(=O)N2c3ccccc3C[C@H]2C)cc1. The third-order valence-electron chi connectivity index (χ3n) is 3.88. The molecular weight excluding hydrogens is 312 g/mol. The molecule has 1 aliphatic heterocycles. The zero-order valence-corrected chi connectivity index (χ0v) is 13.8. The first-order valence-electron chi connectivity index (χ1n) is 7.39. The minimum absolute atomic E-state index is 0.118. The van der Waals surface area contributed by atoms with E-state index in [1.807, 2.05) is 31.2 Å². The van der Waals surface area contributed by atoms with Crippen molar-refractivity contribution in [1.82, 2.24) is 0 Å². The minimum Gasteiger partial charge on any atom is -0.326 e. The van der Waals surface area contributed by atoms with Crippen molar-refractivity contribution in [3.05, 3.63) is 54.1 Å². The van der Waals surface area contributed by atoms with Crippen LogP contribution in [0.2, 0.25) is 0 Å². The zero-order valence-electron chi connectivity index (χ0n) is 13.0. The predicted octanol–water partition coefficient (Wildman–Crippen LogP) is 2.78. The Hall–Kier alpha value is -2.34. The first-order chi connectivity index (χ1) is 10.9. The van der Waals surface area contributed by atoms with Gasteiger partial charge < -0.3 is 5.32 Å². The Bertz CT molecular complexity index is 844. The van der Waals surface area contributed by atoms with Crippen molar-refractivity contribution in [3.8, 4) is 0 Å². The molecule has 1 aliphatic rings. The van der Waals surface area contributed by atoms with Crippen molar-refractivity contribution < 1.29 is 13.2 Å². The van der Waals surface area contributed by atoms with E-state index in [2.05, 4.69) is 5.32 Å². The molecule has 0 saturated carbocycles.